The van der Waals surface area contributed by atoms with E-state index >= 15 is 0 Å². The molecule has 0 N–H and O–H groups in total. The third kappa shape index (κ3) is 4.38. The fourth-order valence-electron chi connectivity index (χ4n) is 9.58. The lowest BCUT2D eigenvalue weighted by Gasteiger charge is -2.21. The first-order valence-corrected chi connectivity index (χ1v) is 18.7. The van der Waals surface area contributed by atoms with Gasteiger partial charge in [-0.25, -0.2) is 0 Å². The lowest BCUT2D eigenvalue weighted by atomic mass is 9.82. The van der Waals surface area contributed by atoms with Crippen LogP contribution in [0.3, 0.4) is 0 Å². The Kier molecular flexibility index (Phi) is 6.43. The molecule has 1 aromatic heterocycles. The van der Waals surface area contributed by atoms with Gasteiger partial charge in [-0.2, -0.15) is 0 Å². The Balaban J connectivity index is 1.15. The van der Waals surface area contributed by atoms with Crippen LogP contribution >= 0.6 is 0 Å². The van der Waals surface area contributed by atoms with Gasteiger partial charge in [0.05, 0.1) is 11.0 Å². The summed E-state index contributed by atoms with van der Waals surface area (Å²) in [5, 5.41) is 2.56. The summed E-state index contributed by atoms with van der Waals surface area (Å²) >= 11 is 0. The smallest absolute Gasteiger partial charge is 0.0622 e. The van der Waals surface area contributed by atoms with Crippen molar-refractivity contribution >= 4 is 21.8 Å². The summed E-state index contributed by atoms with van der Waals surface area (Å²) in [6.07, 6.45) is 0. The maximum Gasteiger partial charge on any atom is 0.0622 e. The van der Waals surface area contributed by atoms with E-state index in [9.17, 15) is 0 Å². The van der Waals surface area contributed by atoms with E-state index in [2.05, 4.69) is 200 Å². The van der Waals surface area contributed by atoms with Crippen molar-refractivity contribution < 1.29 is 0 Å². The van der Waals surface area contributed by atoms with Gasteiger partial charge in [0.2, 0.25) is 0 Å². The summed E-state index contributed by atoms with van der Waals surface area (Å²) < 4.78 is 2.53. The van der Waals surface area contributed by atoms with E-state index in [4.69, 9.17) is 0 Å². The molecular weight excluding hydrogens is 639 g/mol. The molecule has 1 heteroatoms. The molecule has 9 aromatic rings. The molecule has 0 amide bonds. The van der Waals surface area contributed by atoms with Gasteiger partial charge < -0.3 is 4.57 Å². The summed E-state index contributed by atoms with van der Waals surface area (Å²) in [7, 11) is 0. The molecule has 1 heterocycles. The van der Waals surface area contributed by atoms with E-state index in [1.54, 1.807) is 0 Å². The number of nitrogens with zero attached hydrogens (tertiary/aromatic N) is 1. The van der Waals surface area contributed by atoms with Crippen molar-refractivity contribution in [3.8, 4) is 50.2 Å². The van der Waals surface area contributed by atoms with E-state index in [0.29, 0.717) is 0 Å². The van der Waals surface area contributed by atoms with Crippen LogP contribution in [0.15, 0.2) is 182 Å². The summed E-state index contributed by atoms with van der Waals surface area (Å²) in [6, 6.07) is 67.7. The zero-order valence-electron chi connectivity index (χ0n) is 29.8. The topological polar surface area (TPSA) is 4.93 Å². The van der Waals surface area contributed by atoms with Crippen LogP contribution in [0.2, 0.25) is 0 Å². The molecule has 0 spiro atoms. The van der Waals surface area contributed by atoms with E-state index in [0.717, 1.165) is 0 Å². The number of fused-ring (bicyclic) bond motifs is 10. The fraction of sp³-hybridized carbons (Fsp3) is 0.0769. The van der Waals surface area contributed by atoms with Gasteiger partial charge in [-0.3, -0.25) is 0 Å². The summed E-state index contributed by atoms with van der Waals surface area (Å²) in [5.74, 6) is 0.248. The van der Waals surface area contributed by atoms with Gasteiger partial charge in [0.15, 0.2) is 0 Å². The van der Waals surface area contributed by atoms with E-state index in [1.165, 1.54) is 99.8 Å². The maximum absolute atomic E-state index is 2.53. The SMILES string of the molecule is CC1(C)c2ccccc2-c2c1ccc1c3cc(-c4ccc5c(c4)-c4ccccc4C5c4ccccc4)ccc3n(-c3cccc(-c4ccccc4)c3)c21. The Hall–Kier alpha value is -6.44. The average Bonchev–Trinajstić information content (AvgIpc) is 3.81. The predicted octanol–water partition coefficient (Wildman–Crippen LogP) is 13.6. The lowest BCUT2D eigenvalue weighted by Crippen LogP contribution is -2.14. The van der Waals surface area contributed by atoms with Crippen molar-refractivity contribution in [1.29, 1.82) is 0 Å². The van der Waals surface area contributed by atoms with Crippen LogP contribution in [0.25, 0.3) is 72.0 Å². The highest BCUT2D eigenvalue weighted by atomic mass is 15.0. The third-order valence-electron chi connectivity index (χ3n) is 12.1. The molecule has 0 radical (unpaired) electrons. The molecule has 1 nitrogen and oxygen atoms in total. The molecule has 250 valence electrons. The predicted molar refractivity (Wildman–Crippen MR) is 222 cm³/mol. The molecule has 0 aliphatic heterocycles. The largest absolute Gasteiger partial charge is 0.309 e. The monoisotopic (exact) mass is 675 g/mol. The van der Waals surface area contributed by atoms with Crippen LogP contribution in [0.4, 0.5) is 0 Å². The molecule has 8 aromatic carbocycles. The van der Waals surface area contributed by atoms with E-state index in [1.807, 2.05) is 0 Å². The van der Waals surface area contributed by atoms with E-state index in [-0.39, 0.29) is 11.3 Å². The Morgan fingerprint density at radius 1 is 0.434 bits per heavy atom. The molecule has 2 aliphatic carbocycles. The van der Waals surface area contributed by atoms with Crippen LogP contribution in [-0.2, 0) is 5.41 Å². The van der Waals surface area contributed by atoms with Gasteiger partial charge in [-0.15, -0.1) is 0 Å². The quantitative estimate of drug-likeness (QED) is 0.175. The van der Waals surface area contributed by atoms with Gasteiger partial charge in [0.25, 0.3) is 0 Å². The van der Waals surface area contributed by atoms with Crippen molar-refractivity contribution in [1.82, 2.24) is 4.57 Å². The molecule has 0 fully saturated rings. The van der Waals surface area contributed by atoms with Crippen LogP contribution in [-0.4, -0.2) is 4.57 Å². The molecule has 2 aliphatic rings. The van der Waals surface area contributed by atoms with Crippen LogP contribution in [0.5, 0.6) is 0 Å². The highest BCUT2D eigenvalue weighted by molar-refractivity contribution is 6.16. The number of benzene rings is 8. The maximum atomic E-state index is 2.53. The molecular formula is C52H37N. The van der Waals surface area contributed by atoms with Gasteiger partial charge in [-0.05, 0) is 97.1 Å². The Morgan fingerprint density at radius 2 is 1.09 bits per heavy atom. The van der Waals surface area contributed by atoms with Gasteiger partial charge in [0.1, 0.15) is 0 Å². The molecule has 0 bridgehead atoms. The molecule has 0 saturated carbocycles. The van der Waals surface area contributed by atoms with Crippen molar-refractivity contribution in [3.63, 3.8) is 0 Å². The van der Waals surface area contributed by atoms with Gasteiger partial charge in [-0.1, -0.05) is 166 Å². The summed E-state index contributed by atoms with van der Waals surface area (Å²) in [5.41, 5.74) is 20.8. The highest BCUT2D eigenvalue weighted by Crippen LogP contribution is 2.54. The van der Waals surface area contributed by atoms with Crippen LogP contribution in [0.1, 0.15) is 47.6 Å². The first kappa shape index (κ1) is 30.2. The van der Waals surface area contributed by atoms with Crippen molar-refractivity contribution in [2.75, 3.05) is 0 Å². The number of hydrogen-bond donors (Lipinski definition) is 0. The average molecular weight is 676 g/mol. The first-order valence-electron chi connectivity index (χ1n) is 18.7. The number of aromatic nitrogens is 1. The first-order chi connectivity index (χ1) is 26.1. The zero-order chi connectivity index (χ0) is 35.3. The van der Waals surface area contributed by atoms with Crippen molar-refractivity contribution in [2.45, 2.75) is 25.2 Å². The standard InChI is InChI=1S/C52H37N/c1-52(2)46-23-12-11-22-43(46)50-47(52)28-27-42-45-32-37(25-29-48(45)53(51(42)50)38-19-13-18-35(30-38)33-14-5-3-6-15-33)36-24-26-41-44(31-36)39-20-9-10-21-40(39)49(41)34-16-7-4-8-17-34/h3-32,49H,1-2H3. The van der Waals surface area contributed by atoms with Crippen molar-refractivity contribution in [3.05, 3.63) is 210 Å². The lowest BCUT2D eigenvalue weighted by molar-refractivity contribution is 0.661. The second-order valence-corrected chi connectivity index (χ2v) is 15.3. The highest BCUT2D eigenvalue weighted by Gasteiger charge is 2.37. The minimum atomic E-state index is -0.0865. The van der Waals surface area contributed by atoms with Gasteiger partial charge >= 0.3 is 0 Å². The molecule has 1 unspecified atom stereocenters. The summed E-state index contributed by atoms with van der Waals surface area (Å²) in [4.78, 5) is 0. The minimum Gasteiger partial charge on any atom is -0.309 e. The van der Waals surface area contributed by atoms with Crippen molar-refractivity contribution in [2.24, 2.45) is 0 Å². The van der Waals surface area contributed by atoms with Crippen LogP contribution < -0.4 is 0 Å². The van der Waals surface area contributed by atoms with Crippen LogP contribution in [0, 0.1) is 0 Å². The van der Waals surface area contributed by atoms with E-state index < -0.39 is 0 Å². The fourth-order valence-corrected chi connectivity index (χ4v) is 9.58. The second kappa shape index (κ2) is 11.3. The molecule has 53 heavy (non-hydrogen) atoms. The second-order valence-electron chi connectivity index (χ2n) is 15.3. The third-order valence-corrected chi connectivity index (χ3v) is 12.1. The number of hydrogen-bond acceptors (Lipinski definition) is 0. The molecule has 1 atom stereocenters. The van der Waals surface area contributed by atoms with Gasteiger partial charge in [0, 0.05) is 33.4 Å². The normalized spacial score (nSPS) is 14.9. The molecule has 11 rings (SSSR count). The number of rotatable bonds is 4. The minimum absolute atomic E-state index is 0.0865. The summed E-state index contributed by atoms with van der Waals surface area (Å²) in [6.45, 7) is 4.75. The zero-order valence-corrected chi connectivity index (χ0v) is 29.8. The molecule has 0 saturated heterocycles. The Labute approximate surface area is 310 Å². The Morgan fingerprint density at radius 3 is 1.94 bits per heavy atom. The Bertz CT molecular complexity index is 2910.